The molecule has 1 heterocycles. The molecule has 0 saturated heterocycles. The summed E-state index contributed by atoms with van der Waals surface area (Å²) in [4.78, 5) is 6.55. The van der Waals surface area contributed by atoms with E-state index in [4.69, 9.17) is 10.3 Å². The van der Waals surface area contributed by atoms with Gasteiger partial charge in [-0.15, -0.1) is 0 Å². The third kappa shape index (κ3) is 4.15. The summed E-state index contributed by atoms with van der Waals surface area (Å²) in [5, 5.41) is 3.98. The van der Waals surface area contributed by atoms with Crippen LogP contribution < -0.4 is 5.73 Å². The van der Waals surface area contributed by atoms with E-state index in [1.165, 1.54) is 5.56 Å². The highest BCUT2D eigenvalue weighted by Crippen LogP contribution is 2.08. The SMILES string of the molecule is CCc1nc(CN(CCN)Cc2ccccc2)no1. The van der Waals surface area contributed by atoms with Gasteiger partial charge in [0.1, 0.15) is 0 Å². The second kappa shape index (κ2) is 7.01. The molecule has 0 atom stereocenters. The highest BCUT2D eigenvalue weighted by Gasteiger charge is 2.11. The first kappa shape index (κ1) is 13.7. The molecule has 1 aromatic carbocycles. The lowest BCUT2D eigenvalue weighted by Gasteiger charge is -2.19. The lowest BCUT2D eigenvalue weighted by atomic mass is 10.2. The van der Waals surface area contributed by atoms with Gasteiger partial charge in [-0.05, 0) is 5.56 Å². The van der Waals surface area contributed by atoms with Crippen molar-refractivity contribution in [2.75, 3.05) is 13.1 Å². The van der Waals surface area contributed by atoms with E-state index in [1.54, 1.807) is 0 Å². The second-order valence-electron chi connectivity index (χ2n) is 4.44. The molecular weight excluding hydrogens is 240 g/mol. The van der Waals surface area contributed by atoms with Crippen LogP contribution >= 0.6 is 0 Å². The van der Waals surface area contributed by atoms with Gasteiger partial charge in [0.05, 0.1) is 6.54 Å². The molecule has 0 aliphatic heterocycles. The van der Waals surface area contributed by atoms with Crippen LogP contribution in [0, 0.1) is 0 Å². The molecule has 0 radical (unpaired) electrons. The van der Waals surface area contributed by atoms with Gasteiger partial charge in [-0.2, -0.15) is 4.98 Å². The summed E-state index contributed by atoms with van der Waals surface area (Å²) in [7, 11) is 0. The number of benzene rings is 1. The molecule has 0 unspecified atom stereocenters. The second-order valence-corrected chi connectivity index (χ2v) is 4.44. The fourth-order valence-corrected chi connectivity index (χ4v) is 1.94. The molecule has 2 N–H and O–H groups in total. The highest BCUT2D eigenvalue weighted by atomic mass is 16.5. The Morgan fingerprint density at radius 1 is 1.21 bits per heavy atom. The van der Waals surface area contributed by atoms with Gasteiger partial charge in [-0.25, -0.2) is 0 Å². The van der Waals surface area contributed by atoms with Crippen LogP contribution in [0.5, 0.6) is 0 Å². The van der Waals surface area contributed by atoms with E-state index >= 15 is 0 Å². The zero-order valence-corrected chi connectivity index (χ0v) is 11.2. The van der Waals surface area contributed by atoms with E-state index in [0.29, 0.717) is 19.0 Å². The highest BCUT2D eigenvalue weighted by molar-refractivity contribution is 5.14. The lowest BCUT2D eigenvalue weighted by Crippen LogP contribution is -2.29. The van der Waals surface area contributed by atoms with E-state index in [9.17, 15) is 0 Å². The summed E-state index contributed by atoms with van der Waals surface area (Å²) in [6.07, 6.45) is 0.766. The Bertz CT molecular complexity index is 483. The molecule has 0 spiro atoms. The molecule has 2 aromatic rings. The number of hydrogen-bond acceptors (Lipinski definition) is 5. The number of aromatic nitrogens is 2. The Labute approximate surface area is 113 Å². The molecule has 5 nitrogen and oxygen atoms in total. The summed E-state index contributed by atoms with van der Waals surface area (Å²) >= 11 is 0. The van der Waals surface area contributed by atoms with Gasteiger partial charge in [0, 0.05) is 26.1 Å². The fourth-order valence-electron chi connectivity index (χ4n) is 1.94. The predicted molar refractivity (Wildman–Crippen MR) is 73.3 cm³/mol. The molecule has 0 fully saturated rings. The Morgan fingerprint density at radius 2 is 2.00 bits per heavy atom. The molecule has 0 saturated carbocycles. The summed E-state index contributed by atoms with van der Waals surface area (Å²) in [5.74, 6) is 1.41. The van der Waals surface area contributed by atoms with Crippen molar-refractivity contribution in [1.82, 2.24) is 15.0 Å². The van der Waals surface area contributed by atoms with E-state index in [2.05, 4.69) is 27.2 Å². The Kier molecular flexibility index (Phi) is 5.06. The quantitative estimate of drug-likeness (QED) is 0.819. The average Bonchev–Trinajstić information content (AvgIpc) is 2.88. The number of rotatable bonds is 7. The van der Waals surface area contributed by atoms with Crippen molar-refractivity contribution in [3.8, 4) is 0 Å². The zero-order chi connectivity index (χ0) is 13.5. The van der Waals surface area contributed by atoms with Gasteiger partial charge in [0.2, 0.25) is 5.89 Å². The van der Waals surface area contributed by atoms with Crippen molar-refractivity contribution in [2.24, 2.45) is 5.73 Å². The number of aryl methyl sites for hydroxylation is 1. The van der Waals surface area contributed by atoms with Crippen molar-refractivity contribution in [3.05, 3.63) is 47.6 Å². The molecule has 0 amide bonds. The van der Waals surface area contributed by atoms with Crippen molar-refractivity contribution >= 4 is 0 Å². The Morgan fingerprint density at radius 3 is 2.63 bits per heavy atom. The Hall–Kier alpha value is -1.72. The molecule has 2 rings (SSSR count). The predicted octanol–water partition coefficient (Wildman–Crippen LogP) is 1.59. The van der Waals surface area contributed by atoms with E-state index in [1.807, 2.05) is 25.1 Å². The van der Waals surface area contributed by atoms with Gasteiger partial charge < -0.3 is 10.3 Å². The first-order chi connectivity index (χ1) is 9.31. The van der Waals surface area contributed by atoms with Crippen molar-refractivity contribution in [3.63, 3.8) is 0 Å². The monoisotopic (exact) mass is 260 g/mol. The van der Waals surface area contributed by atoms with Crippen molar-refractivity contribution in [1.29, 1.82) is 0 Å². The maximum atomic E-state index is 5.66. The molecule has 19 heavy (non-hydrogen) atoms. The van der Waals surface area contributed by atoms with Crippen LogP contribution in [0.4, 0.5) is 0 Å². The molecule has 5 heteroatoms. The third-order valence-corrected chi connectivity index (χ3v) is 2.87. The average molecular weight is 260 g/mol. The number of hydrogen-bond donors (Lipinski definition) is 1. The lowest BCUT2D eigenvalue weighted by molar-refractivity contribution is 0.252. The molecule has 0 aliphatic carbocycles. The normalized spacial score (nSPS) is 11.1. The smallest absolute Gasteiger partial charge is 0.226 e. The topological polar surface area (TPSA) is 68.2 Å². The fraction of sp³-hybridized carbons (Fsp3) is 0.429. The summed E-state index contributed by atoms with van der Waals surface area (Å²) in [5.41, 5.74) is 6.92. The third-order valence-electron chi connectivity index (χ3n) is 2.87. The van der Waals surface area contributed by atoms with E-state index in [-0.39, 0.29) is 0 Å². The maximum Gasteiger partial charge on any atom is 0.226 e. The zero-order valence-electron chi connectivity index (χ0n) is 11.2. The van der Waals surface area contributed by atoms with Crippen molar-refractivity contribution in [2.45, 2.75) is 26.4 Å². The molecule has 1 aromatic heterocycles. The van der Waals surface area contributed by atoms with Crippen molar-refractivity contribution < 1.29 is 4.52 Å². The van der Waals surface area contributed by atoms with E-state index < -0.39 is 0 Å². The minimum Gasteiger partial charge on any atom is -0.339 e. The van der Waals surface area contributed by atoms with Gasteiger partial charge in [-0.3, -0.25) is 4.90 Å². The van der Waals surface area contributed by atoms with Gasteiger partial charge in [-0.1, -0.05) is 42.4 Å². The standard InChI is InChI=1S/C14H20N4O/c1-2-14-16-13(17-19-14)11-18(9-8-15)10-12-6-4-3-5-7-12/h3-7H,2,8-11,15H2,1H3. The molecular formula is C14H20N4O. The minimum atomic E-state index is 0.616. The summed E-state index contributed by atoms with van der Waals surface area (Å²) in [6, 6.07) is 10.3. The van der Waals surface area contributed by atoms with Crippen LogP contribution in [0.25, 0.3) is 0 Å². The van der Waals surface area contributed by atoms with Crippen LogP contribution in [0.15, 0.2) is 34.9 Å². The minimum absolute atomic E-state index is 0.616. The maximum absolute atomic E-state index is 5.66. The first-order valence-corrected chi connectivity index (χ1v) is 6.59. The van der Waals surface area contributed by atoms with Crippen LogP contribution in [0.2, 0.25) is 0 Å². The largest absolute Gasteiger partial charge is 0.339 e. The van der Waals surface area contributed by atoms with Gasteiger partial charge in [0.25, 0.3) is 0 Å². The first-order valence-electron chi connectivity index (χ1n) is 6.59. The van der Waals surface area contributed by atoms with E-state index in [0.717, 1.165) is 25.3 Å². The number of nitrogens with zero attached hydrogens (tertiary/aromatic N) is 3. The number of nitrogens with two attached hydrogens (primary N) is 1. The van der Waals surface area contributed by atoms with Gasteiger partial charge >= 0.3 is 0 Å². The van der Waals surface area contributed by atoms with Crippen LogP contribution in [-0.2, 0) is 19.5 Å². The van der Waals surface area contributed by atoms with Crippen LogP contribution in [0.3, 0.4) is 0 Å². The Balaban J connectivity index is 1.99. The summed E-state index contributed by atoms with van der Waals surface area (Å²) < 4.78 is 5.12. The van der Waals surface area contributed by atoms with Gasteiger partial charge in [0.15, 0.2) is 5.82 Å². The molecule has 102 valence electrons. The van der Waals surface area contributed by atoms with Crippen LogP contribution in [0.1, 0.15) is 24.2 Å². The summed E-state index contributed by atoms with van der Waals surface area (Å²) in [6.45, 7) is 4.93. The molecule has 0 bridgehead atoms. The molecule has 0 aliphatic rings. The van der Waals surface area contributed by atoms with Crippen LogP contribution in [-0.4, -0.2) is 28.1 Å².